The van der Waals surface area contributed by atoms with Gasteiger partial charge < -0.3 is 0 Å². The predicted octanol–water partition coefficient (Wildman–Crippen LogP) is 5.36. The second-order valence-electron chi connectivity index (χ2n) is 11.1. The molecule has 5 rings (SSSR count). The minimum atomic E-state index is -8.60. The number of Topliss-reactive ketones (excluding diaryl/α,β-unsaturated/α-hetero) is 1. The maximum absolute atomic E-state index is 15.1. The molecule has 8 nitrogen and oxygen atoms in total. The van der Waals surface area contributed by atoms with Gasteiger partial charge in [-0.3, -0.25) is 9.59 Å². The molecule has 3 amide bonds. The minimum absolute atomic E-state index is 0.0306. The number of piperazine rings is 1. The van der Waals surface area contributed by atoms with Crippen LogP contribution in [0.4, 0.5) is 76.3 Å². The first-order valence-electron chi connectivity index (χ1n) is 12.8. The van der Waals surface area contributed by atoms with Crippen molar-refractivity contribution < 1.29 is 84.7 Å². The van der Waals surface area contributed by atoms with Crippen LogP contribution in [0.1, 0.15) is 5.69 Å². The number of anilines is 1. The highest BCUT2D eigenvalue weighted by molar-refractivity contribution is 6.22. The van der Waals surface area contributed by atoms with Gasteiger partial charge in [-0.15, -0.1) is 0 Å². The summed E-state index contributed by atoms with van der Waals surface area (Å²) in [4.78, 5) is 45.0. The summed E-state index contributed by atoms with van der Waals surface area (Å²) in [6.45, 7) is -2.69. The quantitative estimate of drug-likeness (QED) is 0.208. The smallest absolute Gasteiger partial charge is 0.286 e. The first-order chi connectivity index (χ1) is 21.7. The lowest BCUT2D eigenvalue weighted by Gasteiger charge is -2.42. The number of nitriles is 1. The van der Waals surface area contributed by atoms with Crippen molar-refractivity contribution in [2.75, 3.05) is 24.7 Å². The van der Waals surface area contributed by atoms with Gasteiger partial charge in [0, 0.05) is 10.8 Å². The van der Waals surface area contributed by atoms with Crippen LogP contribution in [0.2, 0.25) is 0 Å². The van der Waals surface area contributed by atoms with Crippen molar-refractivity contribution >= 4 is 34.2 Å². The van der Waals surface area contributed by atoms with Gasteiger partial charge in [-0.25, -0.2) is 19.2 Å². The number of hydrogen-bond donors (Lipinski definition) is 0. The third-order valence-corrected chi connectivity index (χ3v) is 8.52. The van der Waals surface area contributed by atoms with E-state index in [1.807, 2.05) is 0 Å². The number of pyridine rings is 1. The Bertz CT molecular complexity index is 1790. The molecule has 3 saturated heterocycles. The summed E-state index contributed by atoms with van der Waals surface area (Å²) in [7, 11) is 0. The fraction of sp³-hybridized carbons (Fsp3) is 0.480. The number of urea groups is 1. The largest absolute Gasteiger partial charge is 0.460 e. The van der Waals surface area contributed by atoms with E-state index in [0.717, 1.165) is 11.1 Å². The van der Waals surface area contributed by atoms with Gasteiger partial charge in [-0.05, 0) is 0 Å². The molecule has 23 heteroatoms. The number of ketones is 1. The van der Waals surface area contributed by atoms with E-state index in [4.69, 9.17) is 0 Å². The van der Waals surface area contributed by atoms with E-state index in [2.05, 4.69) is 4.98 Å². The standard InChI is InChI=1S/C25H13F15N5O3/c26-19(27,20(28,29)21(30,31)22(32,33)23(34,35)24(36,37)25(38,39)40)16(46)14-7-43-8-15-17(47)44(18(48)45(14,15)9-43)13-6-42-12(5-41)10-3-1-2-4-11(10)13/h1-4,6,14-15H,7-9H2/q+1. The Balaban J connectivity index is 1.56. The number of nitrogens with zero attached hydrogens (tertiary/aromatic N) is 5. The zero-order valence-corrected chi connectivity index (χ0v) is 22.8. The highest BCUT2D eigenvalue weighted by Gasteiger charge is 2.94. The van der Waals surface area contributed by atoms with E-state index >= 15 is 8.78 Å². The molecule has 48 heavy (non-hydrogen) atoms. The maximum Gasteiger partial charge on any atom is 0.460 e. The van der Waals surface area contributed by atoms with E-state index < -0.39 is 101 Å². The van der Waals surface area contributed by atoms with Crippen molar-refractivity contribution in [3.63, 3.8) is 0 Å². The molecule has 3 aliphatic rings. The molecule has 2 aromatic rings. The molecule has 4 heterocycles. The SMILES string of the molecule is N#Cc1ncc(N2C(=O)C3CN4CC(C(=O)C(F)(F)C(F)(F)C(F)(F)C(F)(F)C(F)(F)C(F)(F)C(F)(F)F)[N+]3(C4)C2=O)c2ccccc12. The van der Waals surface area contributed by atoms with Gasteiger partial charge in [-0.2, -0.15) is 76.0 Å². The molecule has 0 aliphatic carbocycles. The van der Waals surface area contributed by atoms with E-state index in [9.17, 15) is 76.7 Å². The molecule has 3 fully saturated rings. The fourth-order valence-corrected chi connectivity index (χ4v) is 6.04. The molecule has 0 N–H and O–H groups in total. The molecule has 1 aromatic carbocycles. The predicted molar refractivity (Wildman–Crippen MR) is 124 cm³/mol. The molecule has 4 unspecified atom stereocenters. The van der Waals surface area contributed by atoms with Crippen LogP contribution < -0.4 is 4.90 Å². The number of alkyl halides is 15. The average Bonchev–Trinajstić information content (AvgIpc) is 3.63. The van der Waals surface area contributed by atoms with Gasteiger partial charge in [0.15, 0.2) is 12.1 Å². The van der Waals surface area contributed by atoms with Crippen LogP contribution in [-0.4, -0.2) is 106 Å². The Hall–Kier alpha value is -4.20. The van der Waals surface area contributed by atoms with Crippen LogP contribution >= 0.6 is 0 Å². The number of amides is 3. The van der Waals surface area contributed by atoms with E-state index in [-0.39, 0.29) is 21.4 Å². The number of carbonyl (C=O) groups is 3. The van der Waals surface area contributed by atoms with Crippen LogP contribution in [0.3, 0.4) is 0 Å². The highest BCUT2D eigenvalue weighted by Crippen LogP contribution is 2.63. The summed E-state index contributed by atoms with van der Waals surface area (Å²) in [6.07, 6.45) is -6.99. The zero-order valence-electron chi connectivity index (χ0n) is 22.8. The first-order valence-corrected chi connectivity index (χ1v) is 12.8. The van der Waals surface area contributed by atoms with Crippen LogP contribution in [-0.2, 0) is 9.59 Å². The number of carbonyl (C=O) groups excluding carboxylic acids is 3. The summed E-state index contributed by atoms with van der Waals surface area (Å²) in [5.41, 5.74) is -0.665. The molecule has 4 atom stereocenters. The van der Waals surface area contributed by atoms with Crippen molar-refractivity contribution in [1.29, 1.82) is 5.26 Å². The summed E-state index contributed by atoms with van der Waals surface area (Å²) in [6, 6.07) is 0.470. The number of fused-ring (bicyclic) bond motifs is 2. The van der Waals surface area contributed by atoms with Gasteiger partial charge >= 0.3 is 47.7 Å². The molecule has 1 spiro atoms. The third-order valence-electron chi connectivity index (χ3n) is 8.52. The Kier molecular flexibility index (Phi) is 7.26. The topological polar surface area (TPSA) is 94.4 Å². The molecule has 0 saturated carbocycles. The van der Waals surface area contributed by atoms with Crippen LogP contribution in [0, 0.1) is 11.3 Å². The van der Waals surface area contributed by atoms with Gasteiger partial charge in [0.25, 0.3) is 11.7 Å². The second kappa shape index (κ2) is 9.93. The normalized spacial score (nSPS) is 25.5. The molecule has 260 valence electrons. The van der Waals surface area contributed by atoms with Crippen molar-refractivity contribution in [1.82, 2.24) is 9.88 Å². The number of halogens is 15. The monoisotopic (exact) mass is 716 g/mol. The molecular formula is C25H13F15N5O3+. The lowest BCUT2D eigenvalue weighted by Crippen LogP contribution is -2.75. The Morgan fingerprint density at radius 1 is 0.792 bits per heavy atom. The van der Waals surface area contributed by atoms with Crippen LogP contribution in [0.15, 0.2) is 30.5 Å². The molecule has 2 bridgehead atoms. The van der Waals surface area contributed by atoms with Crippen molar-refractivity contribution in [2.24, 2.45) is 0 Å². The van der Waals surface area contributed by atoms with Crippen LogP contribution in [0.5, 0.6) is 0 Å². The summed E-state index contributed by atoms with van der Waals surface area (Å²) in [5, 5.41) is 9.30. The van der Waals surface area contributed by atoms with E-state index in [1.165, 1.54) is 24.3 Å². The molecule has 3 aliphatic heterocycles. The van der Waals surface area contributed by atoms with Gasteiger partial charge in [0.1, 0.15) is 18.4 Å². The van der Waals surface area contributed by atoms with Gasteiger partial charge in [0.05, 0.1) is 25.0 Å². The maximum atomic E-state index is 15.1. The lowest BCUT2D eigenvalue weighted by molar-refractivity contribution is -0.853. The summed E-state index contributed by atoms with van der Waals surface area (Å²) >= 11 is 0. The number of benzene rings is 1. The van der Waals surface area contributed by atoms with Gasteiger partial charge in [0.2, 0.25) is 0 Å². The minimum Gasteiger partial charge on any atom is -0.286 e. The lowest BCUT2D eigenvalue weighted by atomic mass is 9.87. The van der Waals surface area contributed by atoms with E-state index in [0.29, 0.717) is 0 Å². The highest BCUT2D eigenvalue weighted by atomic mass is 19.4. The number of imide groups is 1. The fourth-order valence-electron chi connectivity index (χ4n) is 6.04. The van der Waals surface area contributed by atoms with Gasteiger partial charge in [-0.1, -0.05) is 24.3 Å². The second-order valence-corrected chi connectivity index (χ2v) is 11.1. The number of aromatic nitrogens is 1. The Labute approximate surface area is 255 Å². The van der Waals surface area contributed by atoms with E-state index in [1.54, 1.807) is 6.07 Å². The number of hydrogen-bond acceptors (Lipinski definition) is 6. The average molecular weight is 716 g/mol. The number of rotatable bonds is 8. The molecule has 0 radical (unpaired) electrons. The summed E-state index contributed by atoms with van der Waals surface area (Å²) in [5.74, 6) is -54.0. The Morgan fingerprint density at radius 3 is 1.85 bits per heavy atom. The first kappa shape index (κ1) is 35.1. The van der Waals surface area contributed by atoms with Crippen LogP contribution in [0.25, 0.3) is 10.8 Å². The van der Waals surface area contributed by atoms with Crippen molar-refractivity contribution in [3.05, 3.63) is 36.2 Å². The summed E-state index contributed by atoms with van der Waals surface area (Å²) < 4.78 is 205. The van der Waals surface area contributed by atoms with Crippen molar-refractivity contribution in [3.8, 4) is 6.07 Å². The van der Waals surface area contributed by atoms with Crippen molar-refractivity contribution in [2.45, 2.75) is 53.8 Å². The third kappa shape index (κ3) is 3.95. The molecule has 1 aromatic heterocycles. The number of quaternary nitrogens is 1. The Morgan fingerprint density at radius 2 is 1.31 bits per heavy atom. The zero-order chi connectivity index (χ0) is 36.4. The molecular weight excluding hydrogens is 703 g/mol.